The summed E-state index contributed by atoms with van der Waals surface area (Å²) >= 11 is 0. The molecule has 0 spiro atoms. The van der Waals surface area contributed by atoms with Gasteiger partial charge in [-0.2, -0.15) is 0 Å². The Hall–Kier alpha value is -2.75. The molecule has 0 aliphatic rings. The second kappa shape index (κ2) is 5.66. The molecular weight excluding hydrogens is 348 g/mol. The fraction of sp³-hybridized carbons (Fsp3) is 0.333. The van der Waals surface area contributed by atoms with Gasteiger partial charge in [-0.25, -0.2) is 13.2 Å². The number of rotatable bonds is 4. The van der Waals surface area contributed by atoms with E-state index < -0.39 is 10.0 Å². The highest BCUT2D eigenvalue weighted by Gasteiger charge is 2.26. The van der Waals surface area contributed by atoms with E-state index in [9.17, 15) is 13.2 Å². The molecule has 25 heavy (non-hydrogen) atoms. The highest BCUT2D eigenvalue weighted by molar-refractivity contribution is 7.92. The number of ether oxygens (including phenoxy) is 1. The summed E-state index contributed by atoms with van der Waals surface area (Å²) in [5.41, 5.74) is 1.46. The van der Waals surface area contributed by atoms with Crippen LogP contribution in [-0.2, 0) is 24.1 Å². The minimum absolute atomic E-state index is 0.0170. The van der Waals surface area contributed by atoms with Crippen molar-refractivity contribution in [3.8, 4) is 5.75 Å². The zero-order chi connectivity index (χ0) is 18.5. The van der Waals surface area contributed by atoms with Gasteiger partial charge in [0.05, 0.1) is 23.8 Å². The first-order chi connectivity index (χ1) is 11.7. The number of anilines is 1. The Morgan fingerprint density at radius 2 is 1.76 bits per heavy atom. The number of aromatic nitrogens is 3. The number of nitrogens with zero attached hydrogens (tertiary/aromatic N) is 3. The number of aryl methyl sites for hydroxylation is 4. The lowest BCUT2D eigenvalue weighted by Gasteiger charge is -2.12. The van der Waals surface area contributed by atoms with Gasteiger partial charge in [0.25, 0.3) is 10.0 Å². The topological polar surface area (TPSA) is 108 Å². The maximum Gasteiger partial charge on any atom is 0.328 e. The van der Waals surface area contributed by atoms with Crippen LogP contribution in [-0.4, -0.2) is 29.8 Å². The minimum atomic E-state index is -3.93. The van der Waals surface area contributed by atoms with Gasteiger partial charge in [-0.3, -0.25) is 13.9 Å². The molecule has 0 fully saturated rings. The molecule has 3 aromatic rings. The van der Waals surface area contributed by atoms with Crippen LogP contribution in [0.5, 0.6) is 5.75 Å². The second-order valence-electron chi connectivity index (χ2n) is 5.70. The Kier molecular flexibility index (Phi) is 3.87. The van der Waals surface area contributed by atoms with Crippen molar-refractivity contribution in [2.24, 2.45) is 14.1 Å². The fourth-order valence-electron chi connectivity index (χ4n) is 2.83. The van der Waals surface area contributed by atoms with Gasteiger partial charge in [0.15, 0.2) is 10.7 Å². The molecule has 0 aliphatic heterocycles. The number of sulfonamides is 1. The van der Waals surface area contributed by atoms with Crippen molar-refractivity contribution < 1.29 is 17.7 Å². The van der Waals surface area contributed by atoms with Crippen molar-refractivity contribution in [2.45, 2.75) is 18.7 Å². The first kappa shape index (κ1) is 17.1. The van der Waals surface area contributed by atoms with Crippen LogP contribution < -0.4 is 15.1 Å². The van der Waals surface area contributed by atoms with Gasteiger partial charge >= 0.3 is 5.69 Å². The summed E-state index contributed by atoms with van der Waals surface area (Å²) in [4.78, 5) is 12.1. The molecule has 0 saturated carbocycles. The fourth-order valence-corrected chi connectivity index (χ4v) is 4.22. The van der Waals surface area contributed by atoms with E-state index in [0.717, 1.165) is 0 Å². The summed E-state index contributed by atoms with van der Waals surface area (Å²) in [6, 6.07) is 3.17. The molecule has 1 N–H and O–H groups in total. The van der Waals surface area contributed by atoms with E-state index in [1.54, 1.807) is 33.2 Å². The minimum Gasteiger partial charge on any atom is -0.494 e. The maximum absolute atomic E-state index is 12.7. The van der Waals surface area contributed by atoms with E-state index in [-0.39, 0.29) is 27.7 Å². The number of hydrogen-bond donors (Lipinski definition) is 1. The predicted molar refractivity (Wildman–Crippen MR) is 91.5 cm³/mol. The van der Waals surface area contributed by atoms with Crippen LogP contribution in [0.25, 0.3) is 11.0 Å². The number of hydrogen-bond acceptors (Lipinski definition) is 6. The molecule has 1 aromatic carbocycles. The van der Waals surface area contributed by atoms with Crippen LogP contribution in [0.1, 0.15) is 11.5 Å². The molecule has 10 heteroatoms. The second-order valence-corrected chi connectivity index (χ2v) is 7.32. The van der Waals surface area contributed by atoms with Crippen molar-refractivity contribution in [3.05, 3.63) is 34.1 Å². The summed E-state index contributed by atoms with van der Waals surface area (Å²) in [5.74, 6) is 0.487. The van der Waals surface area contributed by atoms with E-state index >= 15 is 0 Å². The molecule has 3 rings (SSSR count). The molecule has 2 heterocycles. The zero-order valence-electron chi connectivity index (χ0n) is 14.4. The monoisotopic (exact) mass is 366 g/mol. The van der Waals surface area contributed by atoms with Gasteiger partial charge < -0.3 is 9.26 Å². The SMILES string of the molecule is COc1cc2c(cc1NS(=O)(=O)c1c(C)noc1C)n(C)c(=O)n2C. The highest BCUT2D eigenvalue weighted by atomic mass is 32.2. The molecule has 0 amide bonds. The van der Waals surface area contributed by atoms with E-state index in [0.29, 0.717) is 16.8 Å². The third-order valence-corrected chi connectivity index (χ3v) is 5.68. The van der Waals surface area contributed by atoms with Gasteiger partial charge in [0.1, 0.15) is 11.4 Å². The van der Waals surface area contributed by atoms with Gasteiger partial charge in [-0.1, -0.05) is 5.16 Å². The molecule has 134 valence electrons. The lowest BCUT2D eigenvalue weighted by molar-refractivity contribution is 0.390. The third-order valence-electron chi connectivity index (χ3n) is 4.07. The lowest BCUT2D eigenvalue weighted by atomic mass is 10.2. The molecule has 2 aromatic heterocycles. The summed E-state index contributed by atoms with van der Waals surface area (Å²) in [5, 5.41) is 3.67. The Bertz CT molecular complexity index is 1120. The van der Waals surface area contributed by atoms with E-state index in [1.807, 2.05) is 0 Å². The van der Waals surface area contributed by atoms with Crippen LogP contribution in [0.4, 0.5) is 5.69 Å². The molecule has 0 saturated heterocycles. The molecular formula is C15H18N4O5S. The Balaban J connectivity index is 2.19. The summed E-state index contributed by atoms with van der Waals surface area (Å²) in [7, 11) is 0.749. The smallest absolute Gasteiger partial charge is 0.328 e. The van der Waals surface area contributed by atoms with Crippen LogP contribution in [0.3, 0.4) is 0 Å². The number of fused-ring (bicyclic) bond motifs is 1. The first-order valence-corrected chi connectivity index (χ1v) is 8.85. The lowest BCUT2D eigenvalue weighted by Crippen LogP contribution is -2.19. The third kappa shape index (κ3) is 2.58. The molecule has 0 aliphatic carbocycles. The quantitative estimate of drug-likeness (QED) is 0.745. The van der Waals surface area contributed by atoms with Gasteiger partial charge in [-0.05, 0) is 19.9 Å². The summed E-state index contributed by atoms with van der Waals surface area (Å²) in [6.07, 6.45) is 0. The van der Waals surface area contributed by atoms with E-state index in [1.165, 1.54) is 23.2 Å². The van der Waals surface area contributed by atoms with Gasteiger partial charge in [0.2, 0.25) is 0 Å². The maximum atomic E-state index is 12.7. The van der Waals surface area contributed by atoms with E-state index in [4.69, 9.17) is 9.26 Å². The standard InChI is InChI=1S/C15H18N4O5S/c1-8-14(9(2)24-16-8)25(21,22)17-10-6-11-12(7-13(10)23-5)19(4)15(20)18(11)3/h6-7,17H,1-5H3. The highest BCUT2D eigenvalue weighted by Crippen LogP contribution is 2.32. The van der Waals surface area contributed by atoms with Crippen molar-refractivity contribution in [2.75, 3.05) is 11.8 Å². The van der Waals surface area contributed by atoms with Crippen molar-refractivity contribution in [1.82, 2.24) is 14.3 Å². The Labute approximate surface area is 143 Å². The molecule has 0 unspecified atom stereocenters. The van der Waals surface area contributed by atoms with E-state index in [2.05, 4.69) is 9.88 Å². The average Bonchev–Trinajstić information content (AvgIpc) is 3.00. The molecule has 0 bridgehead atoms. The molecule has 9 nitrogen and oxygen atoms in total. The average molecular weight is 366 g/mol. The van der Waals surface area contributed by atoms with Crippen LogP contribution in [0, 0.1) is 13.8 Å². The Morgan fingerprint density at radius 1 is 1.16 bits per heavy atom. The number of benzene rings is 1. The number of imidazole rings is 1. The van der Waals surface area contributed by atoms with Crippen LogP contribution >= 0.6 is 0 Å². The largest absolute Gasteiger partial charge is 0.494 e. The zero-order valence-corrected chi connectivity index (χ0v) is 15.3. The van der Waals surface area contributed by atoms with Crippen LogP contribution in [0.2, 0.25) is 0 Å². The number of methoxy groups -OCH3 is 1. The van der Waals surface area contributed by atoms with Gasteiger partial charge in [0, 0.05) is 20.2 Å². The Morgan fingerprint density at radius 3 is 2.28 bits per heavy atom. The summed E-state index contributed by atoms with van der Waals surface area (Å²) in [6.45, 7) is 3.07. The first-order valence-electron chi connectivity index (χ1n) is 7.36. The normalized spacial score (nSPS) is 11.9. The van der Waals surface area contributed by atoms with Crippen LogP contribution in [0.15, 0.2) is 26.3 Å². The number of nitrogens with one attached hydrogen (secondary N) is 1. The van der Waals surface area contributed by atoms with Crippen molar-refractivity contribution in [1.29, 1.82) is 0 Å². The van der Waals surface area contributed by atoms with Gasteiger partial charge in [-0.15, -0.1) is 0 Å². The summed E-state index contributed by atoms with van der Waals surface area (Å²) < 4.78 is 41.1. The molecule has 0 radical (unpaired) electrons. The van der Waals surface area contributed by atoms with Crippen molar-refractivity contribution in [3.63, 3.8) is 0 Å². The van der Waals surface area contributed by atoms with Crippen molar-refractivity contribution >= 4 is 26.7 Å². The molecule has 0 atom stereocenters. The predicted octanol–water partition coefficient (Wildman–Crippen LogP) is 1.29.